The van der Waals surface area contributed by atoms with Gasteiger partial charge in [-0.1, -0.05) is 23.2 Å². The topological polar surface area (TPSA) is 36.9 Å². The van der Waals surface area contributed by atoms with Crippen molar-refractivity contribution in [1.29, 1.82) is 5.26 Å². The number of hydrogen-bond acceptors (Lipinski definition) is 2. The van der Waals surface area contributed by atoms with Gasteiger partial charge in [0.1, 0.15) is 5.76 Å². The molecule has 0 unspecified atom stereocenters. The van der Waals surface area contributed by atoms with Crippen molar-refractivity contribution < 1.29 is 4.42 Å². The van der Waals surface area contributed by atoms with Crippen LogP contribution < -0.4 is 0 Å². The van der Waals surface area contributed by atoms with Crippen molar-refractivity contribution in [3.63, 3.8) is 0 Å². The first-order valence-electron chi connectivity index (χ1n) is 4.15. The average molecular weight is 238 g/mol. The van der Waals surface area contributed by atoms with Gasteiger partial charge in [0.25, 0.3) is 0 Å². The summed E-state index contributed by atoms with van der Waals surface area (Å²) in [5, 5.41) is 9.54. The van der Waals surface area contributed by atoms with E-state index in [1.807, 2.05) is 6.07 Å². The molecule has 0 N–H and O–H groups in total. The summed E-state index contributed by atoms with van der Waals surface area (Å²) in [5.74, 6) is 0.592. The van der Waals surface area contributed by atoms with Gasteiger partial charge >= 0.3 is 0 Å². The maximum Gasteiger partial charge on any atom is 0.136 e. The van der Waals surface area contributed by atoms with Crippen molar-refractivity contribution >= 4 is 23.2 Å². The molecular formula is C11H5Cl2NO. The van der Waals surface area contributed by atoms with Crippen LogP contribution in [0.15, 0.2) is 34.9 Å². The zero-order valence-electron chi connectivity index (χ0n) is 7.50. The van der Waals surface area contributed by atoms with Crippen molar-refractivity contribution in [1.82, 2.24) is 0 Å². The van der Waals surface area contributed by atoms with E-state index in [2.05, 4.69) is 0 Å². The van der Waals surface area contributed by atoms with Crippen molar-refractivity contribution in [2.45, 2.75) is 0 Å². The fourth-order valence-electron chi connectivity index (χ4n) is 1.29. The number of benzene rings is 1. The Balaban J connectivity index is 2.64. The molecule has 2 rings (SSSR count). The molecule has 4 heteroatoms. The molecule has 74 valence electrons. The van der Waals surface area contributed by atoms with Gasteiger partial charge in [-0.3, -0.25) is 0 Å². The van der Waals surface area contributed by atoms with Gasteiger partial charge < -0.3 is 4.42 Å². The molecule has 0 aliphatic heterocycles. The molecule has 0 amide bonds. The van der Waals surface area contributed by atoms with E-state index in [4.69, 9.17) is 32.9 Å². The SMILES string of the molecule is N#Cc1cc(Cl)c(-c2ccco2)c(Cl)c1. The fourth-order valence-corrected chi connectivity index (χ4v) is 1.97. The summed E-state index contributed by atoms with van der Waals surface area (Å²) in [4.78, 5) is 0. The van der Waals surface area contributed by atoms with Crippen molar-refractivity contribution in [2.75, 3.05) is 0 Å². The lowest BCUT2D eigenvalue weighted by atomic mass is 10.1. The second-order valence-electron chi connectivity index (χ2n) is 2.90. The summed E-state index contributed by atoms with van der Waals surface area (Å²) in [7, 11) is 0. The molecule has 0 spiro atoms. The fraction of sp³-hybridized carbons (Fsp3) is 0. The average Bonchev–Trinajstić information content (AvgIpc) is 2.69. The van der Waals surface area contributed by atoms with Crippen LogP contribution >= 0.6 is 23.2 Å². The van der Waals surface area contributed by atoms with Gasteiger partial charge in [-0.05, 0) is 24.3 Å². The van der Waals surface area contributed by atoms with Crippen LogP contribution in [0.5, 0.6) is 0 Å². The number of furan rings is 1. The maximum atomic E-state index is 8.72. The Bertz CT molecular complexity index is 503. The van der Waals surface area contributed by atoms with E-state index >= 15 is 0 Å². The molecule has 0 aliphatic rings. The van der Waals surface area contributed by atoms with Gasteiger partial charge in [0, 0.05) is 0 Å². The first kappa shape index (κ1) is 10.1. The molecule has 0 fully saturated rings. The summed E-state index contributed by atoms with van der Waals surface area (Å²) in [5.41, 5.74) is 1.04. The highest BCUT2D eigenvalue weighted by molar-refractivity contribution is 6.39. The normalized spacial score (nSPS) is 9.93. The van der Waals surface area contributed by atoms with Gasteiger partial charge in [-0.2, -0.15) is 5.26 Å². The first-order valence-corrected chi connectivity index (χ1v) is 4.91. The van der Waals surface area contributed by atoms with Crippen LogP contribution in [0.2, 0.25) is 10.0 Å². The number of hydrogen-bond donors (Lipinski definition) is 0. The Hall–Kier alpha value is -1.43. The van der Waals surface area contributed by atoms with E-state index in [0.717, 1.165) is 0 Å². The third-order valence-electron chi connectivity index (χ3n) is 1.94. The number of rotatable bonds is 1. The second-order valence-corrected chi connectivity index (χ2v) is 3.72. The molecule has 1 aromatic carbocycles. The van der Waals surface area contributed by atoms with Crippen LogP contribution in [0.1, 0.15) is 5.56 Å². The summed E-state index contributed by atoms with van der Waals surface area (Å²) in [6.07, 6.45) is 1.54. The molecule has 0 saturated carbocycles. The molecule has 0 aliphatic carbocycles. The largest absolute Gasteiger partial charge is 0.464 e. The monoisotopic (exact) mass is 237 g/mol. The van der Waals surface area contributed by atoms with Crippen LogP contribution in [-0.2, 0) is 0 Å². The Morgan fingerprint density at radius 3 is 2.33 bits per heavy atom. The highest BCUT2D eigenvalue weighted by Gasteiger charge is 2.12. The van der Waals surface area contributed by atoms with E-state index in [1.54, 1.807) is 30.5 Å². The third kappa shape index (κ3) is 1.85. The Kier molecular flexibility index (Phi) is 2.68. The van der Waals surface area contributed by atoms with Crippen LogP contribution in [0.25, 0.3) is 11.3 Å². The maximum absolute atomic E-state index is 8.72. The second kappa shape index (κ2) is 3.98. The smallest absolute Gasteiger partial charge is 0.136 e. The van der Waals surface area contributed by atoms with Gasteiger partial charge in [-0.25, -0.2) is 0 Å². The Morgan fingerprint density at radius 2 is 1.87 bits per heavy atom. The van der Waals surface area contributed by atoms with Crippen molar-refractivity contribution in [3.8, 4) is 17.4 Å². The molecule has 0 saturated heterocycles. The Labute approximate surface area is 96.6 Å². The molecule has 1 aromatic heterocycles. The molecule has 15 heavy (non-hydrogen) atoms. The van der Waals surface area contributed by atoms with Crippen LogP contribution in [-0.4, -0.2) is 0 Å². The van der Waals surface area contributed by atoms with E-state index < -0.39 is 0 Å². The van der Waals surface area contributed by atoms with Crippen molar-refractivity contribution in [3.05, 3.63) is 46.1 Å². The van der Waals surface area contributed by atoms with Crippen LogP contribution in [0.3, 0.4) is 0 Å². The minimum absolute atomic E-state index is 0.411. The van der Waals surface area contributed by atoms with E-state index in [-0.39, 0.29) is 0 Å². The van der Waals surface area contributed by atoms with Crippen LogP contribution in [0, 0.1) is 11.3 Å². The number of halogens is 2. The lowest BCUT2D eigenvalue weighted by molar-refractivity contribution is 0.582. The van der Waals surface area contributed by atoms with Crippen molar-refractivity contribution in [2.24, 2.45) is 0 Å². The zero-order chi connectivity index (χ0) is 10.8. The summed E-state index contributed by atoms with van der Waals surface area (Å²) < 4.78 is 5.20. The first-order chi connectivity index (χ1) is 7.22. The lowest BCUT2D eigenvalue weighted by Gasteiger charge is -2.04. The number of nitriles is 1. The van der Waals surface area contributed by atoms with E-state index in [0.29, 0.717) is 26.9 Å². The molecular weight excluding hydrogens is 233 g/mol. The summed E-state index contributed by atoms with van der Waals surface area (Å²) in [6, 6.07) is 8.62. The van der Waals surface area contributed by atoms with E-state index in [9.17, 15) is 0 Å². The lowest BCUT2D eigenvalue weighted by Crippen LogP contribution is -1.82. The predicted molar refractivity (Wildman–Crippen MR) is 58.9 cm³/mol. The summed E-state index contributed by atoms with van der Waals surface area (Å²) >= 11 is 12.0. The van der Waals surface area contributed by atoms with Crippen LogP contribution in [0.4, 0.5) is 0 Å². The molecule has 1 heterocycles. The molecule has 0 radical (unpaired) electrons. The number of nitrogens with zero attached hydrogens (tertiary/aromatic N) is 1. The van der Waals surface area contributed by atoms with Gasteiger partial charge in [0.05, 0.1) is 33.5 Å². The molecule has 0 bridgehead atoms. The summed E-state index contributed by atoms with van der Waals surface area (Å²) in [6.45, 7) is 0. The van der Waals surface area contributed by atoms with E-state index in [1.165, 1.54) is 0 Å². The molecule has 0 atom stereocenters. The molecule has 2 nitrogen and oxygen atoms in total. The minimum Gasteiger partial charge on any atom is -0.464 e. The minimum atomic E-state index is 0.411. The third-order valence-corrected chi connectivity index (χ3v) is 2.53. The highest BCUT2D eigenvalue weighted by atomic mass is 35.5. The highest BCUT2D eigenvalue weighted by Crippen LogP contribution is 2.35. The zero-order valence-corrected chi connectivity index (χ0v) is 9.01. The van der Waals surface area contributed by atoms with Gasteiger partial charge in [0.2, 0.25) is 0 Å². The Morgan fingerprint density at radius 1 is 1.20 bits per heavy atom. The standard InChI is InChI=1S/C11H5Cl2NO/c12-8-4-7(6-14)5-9(13)11(8)10-2-1-3-15-10/h1-5H. The quantitative estimate of drug-likeness (QED) is 0.748. The molecule has 2 aromatic rings. The predicted octanol–water partition coefficient (Wildman–Crippen LogP) is 4.13. The van der Waals surface area contributed by atoms with Gasteiger partial charge in [0.15, 0.2) is 0 Å². The van der Waals surface area contributed by atoms with Gasteiger partial charge in [-0.15, -0.1) is 0 Å².